The summed E-state index contributed by atoms with van der Waals surface area (Å²) in [6, 6.07) is 13.0. The van der Waals surface area contributed by atoms with Gasteiger partial charge in [-0.25, -0.2) is 0 Å². The summed E-state index contributed by atoms with van der Waals surface area (Å²) in [5.74, 6) is -0.666. The maximum absolute atomic E-state index is 14.1. The molecule has 2 aromatic carbocycles. The van der Waals surface area contributed by atoms with E-state index in [0.717, 1.165) is 11.5 Å². The summed E-state index contributed by atoms with van der Waals surface area (Å²) in [7, 11) is 3.08. The third-order valence-electron chi connectivity index (χ3n) is 6.29. The zero-order valence-corrected chi connectivity index (χ0v) is 22.9. The highest BCUT2D eigenvalue weighted by Gasteiger charge is 2.37. The molecule has 3 rings (SSSR count). The van der Waals surface area contributed by atoms with Crippen molar-refractivity contribution in [3.8, 4) is 11.5 Å². The van der Waals surface area contributed by atoms with Crippen LogP contribution in [-0.2, 0) is 11.3 Å². The molecular weight excluding hydrogens is 506 g/mol. The van der Waals surface area contributed by atoms with E-state index in [2.05, 4.69) is 9.69 Å². The Morgan fingerprint density at radius 3 is 2.29 bits per heavy atom. The Bertz CT molecular complexity index is 1310. The predicted molar refractivity (Wildman–Crippen MR) is 146 cm³/mol. The lowest BCUT2D eigenvalue weighted by Gasteiger charge is -2.34. The number of nitrogens with two attached hydrogens (primary N) is 2. The van der Waals surface area contributed by atoms with Crippen molar-refractivity contribution < 1.29 is 23.9 Å². The molecule has 0 radical (unpaired) electrons. The molecule has 0 unspecified atom stereocenters. The summed E-state index contributed by atoms with van der Waals surface area (Å²) in [4.78, 5) is 41.2. The molecule has 1 heterocycles. The van der Waals surface area contributed by atoms with E-state index in [4.69, 9.17) is 20.9 Å². The number of ether oxygens (including phenoxy) is 2. The first-order valence-corrected chi connectivity index (χ1v) is 12.7. The molecule has 10 nitrogen and oxygen atoms in total. The van der Waals surface area contributed by atoms with Gasteiger partial charge in [0.15, 0.2) is 5.69 Å². The van der Waals surface area contributed by atoms with Crippen LogP contribution >= 0.6 is 11.5 Å². The van der Waals surface area contributed by atoms with E-state index in [-0.39, 0.29) is 28.7 Å². The Balaban J connectivity index is 2.20. The van der Waals surface area contributed by atoms with E-state index in [1.54, 1.807) is 37.4 Å². The van der Waals surface area contributed by atoms with Gasteiger partial charge in [0.05, 0.1) is 26.5 Å². The van der Waals surface area contributed by atoms with Crippen molar-refractivity contribution >= 4 is 34.9 Å². The van der Waals surface area contributed by atoms with Crippen LogP contribution in [0, 0.1) is 0 Å². The van der Waals surface area contributed by atoms with Gasteiger partial charge >= 0.3 is 0 Å². The number of carbonyl (C=O) groups excluding carboxylic acids is 3. The SMILES string of the molecule is CCC(C)(C)NC(=O)[C@@H](c1ccc(OC)cc1)N(Cc1ccccc1OC)C(=O)c1snc(C(N)=O)c1N. The maximum Gasteiger partial charge on any atom is 0.270 e. The number of carbonyl (C=O) groups is 3. The van der Waals surface area contributed by atoms with Gasteiger partial charge in [-0.3, -0.25) is 14.4 Å². The van der Waals surface area contributed by atoms with Crippen LogP contribution in [0.5, 0.6) is 11.5 Å². The molecule has 3 amide bonds. The second-order valence-electron chi connectivity index (χ2n) is 9.29. The van der Waals surface area contributed by atoms with Crippen molar-refractivity contribution in [1.82, 2.24) is 14.6 Å². The average Bonchev–Trinajstić information content (AvgIpc) is 3.29. The quantitative estimate of drug-likeness (QED) is 0.337. The van der Waals surface area contributed by atoms with Crippen LogP contribution in [0.1, 0.15) is 64.5 Å². The first-order valence-electron chi connectivity index (χ1n) is 12.0. The second kappa shape index (κ2) is 12.0. The van der Waals surface area contributed by atoms with Crippen LogP contribution in [0.25, 0.3) is 0 Å². The van der Waals surface area contributed by atoms with Gasteiger partial charge in [-0.1, -0.05) is 37.3 Å². The Labute approximate surface area is 226 Å². The number of primary amides is 1. The van der Waals surface area contributed by atoms with Crippen molar-refractivity contribution in [2.75, 3.05) is 20.0 Å². The van der Waals surface area contributed by atoms with Gasteiger partial charge in [-0.15, -0.1) is 0 Å². The zero-order valence-electron chi connectivity index (χ0n) is 22.1. The van der Waals surface area contributed by atoms with Crippen molar-refractivity contribution in [3.63, 3.8) is 0 Å². The van der Waals surface area contributed by atoms with Crippen molar-refractivity contribution in [3.05, 3.63) is 70.2 Å². The third kappa shape index (κ3) is 6.23. The number of hydrogen-bond acceptors (Lipinski definition) is 8. The molecule has 11 heteroatoms. The number of amides is 3. The van der Waals surface area contributed by atoms with Crippen LogP contribution in [0.15, 0.2) is 48.5 Å². The molecule has 5 N–H and O–H groups in total. The number of rotatable bonds is 11. The highest BCUT2D eigenvalue weighted by atomic mass is 32.1. The molecule has 0 fully saturated rings. The van der Waals surface area contributed by atoms with Gasteiger partial charge in [0.2, 0.25) is 5.91 Å². The normalized spacial score (nSPS) is 11.9. The molecule has 202 valence electrons. The van der Waals surface area contributed by atoms with E-state index in [9.17, 15) is 14.4 Å². The lowest BCUT2D eigenvalue weighted by Crippen LogP contribution is -2.50. The summed E-state index contributed by atoms with van der Waals surface area (Å²) in [6.45, 7) is 5.78. The fourth-order valence-electron chi connectivity index (χ4n) is 3.81. The van der Waals surface area contributed by atoms with Gasteiger partial charge in [0, 0.05) is 11.1 Å². The van der Waals surface area contributed by atoms with Crippen molar-refractivity contribution in [1.29, 1.82) is 0 Å². The zero-order chi connectivity index (χ0) is 28.0. The molecule has 0 spiro atoms. The smallest absolute Gasteiger partial charge is 0.270 e. The number of hydrogen-bond donors (Lipinski definition) is 3. The molecular formula is C27H33N5O5S. The van der Waals surface area contributed by atoms with Crippen LogP contribution in [0.4, 0.5) is 5.69 Å². The largest absolute Gasteiger partial charge is 0.497 e. The first-order chi connectivity index (χ1) is 18.0. The Morgan fingerprint density at radius 2 is 1.74 bits per heavy atom. The minimum atomic E-state index is -1.07. The summed E-state index contributed by atoms with van der Waals surface area (Å²) >= 11 is 0.759. The number of para-hydroxylation sites is 1. The van der Waals surface area contributed by atoms with Crippen LogP contribution in [0.2, 0.25) is 0 Å². The number of anilines is 1. The molecule has 0 aliphatic heterocycles. The van der Waals surface area contributed by atoms with Gasteiger partial charge in [0.1, 0.15) is 22.4 Å². The Morgan fingerprint density at radius 1 is 1.08 bits per heavy atom. The van der Waals surface area contributed by atoms with Crippen molar-refractivity contribution in [2.24, 2.45) is 5.73 Å². The summed E-state index contributed by atoms with van der Waals surface area (Å²) in [5.41, 5.74) is 11.9. The van der Waals surface area contributed by atoms with Crippen LogP contribution in [-0.4, -0.2) is 46.8 Å². The number of benzene rings is 2. The highest BCUT2D eigenvalue weighted by molar-refractivity contribution is 7.09. The monoisotopic (exact) mass is 539 g/mol. The number of aromatic nitrogens is 1. The molecule has 3 aromatic rings. The highest BCUT2D eigenvalue weighted by Crippen LogP contribution is 2.33. The van der Waals surface area contributed by atoms with E-state index in [0.29, 0.717) is 29.0 Å². The topological polar surface area (TPSA) is 150 Å². The number of methoxy groups -OCH3 is 2. The van der Waals surface area contributed by atoms with E-state index in [1.165, 1.54) is 12.0 Å². The number of nitrogen functional groups attached to an aromatic ring is 1. The standard InChI is InChI=1S/C27H33N5O5S/c1-6-27(2,3)30-25(34)22(16-11-13-18(36-4)14-12-16)32(15-17-9-7-8-10-19(17)37-5)26(35)23-20(28)21(24(29)33)31-38-23/h7-14,22H,6,15,28H2,1-5H3,(H2,29,33)(H,30,34)/t22-/m1/s1. The number of nitrogens with one attached hydrogen (secondary N) is 1. The summed E-state index contributed by atoms with van der Waals surface area (Å²) in [6.07, 6.45) is 0.665. The number of nitrogens with zero attached hydrogens (tertiary/aromatic N) is 2. The first kappa shape index (κ1) is 28.5. The fraction of sp³-hybridized carbons (Fsp3) is 0.333. The maximum atomic E-state index is 14.1. The fourth-order valence-corrected chi connectivity index (χ4v) is 4.57. The lowest BCUT2D eigenvalue weighted by molar-refractivity contribution is -0.127. The van der Waals surface area contributed by atoms with Gasteiger partial charge in [0.25, 0.3) is 11.8 Å². The van der Waals surface area contributed by atoms with E-state index in [1.807, 2.05) is 39.0 Å². The molecule has 0 bridgehead atoms. The summed E-state index contributed by atoms with van der Waals surface area (Å²) < 4.78 is 14.8. The van der Waals surface area contributed by atoms with Gasteiger partial charge < -0.3 is 31.2 Å². The van der Waals surface area contributed by atoms with Gasteiger partial charge in [-0.2, -0.15) is 4.37 Å². The molecule has 0 aliphatic rings. The van der Waals surface area contributed by atoms with Crippen LogP contribution < -0.4 is 26.3 Å². The Kier molecular flexibility index (Phi) is 8.95. The predicted octanol–water partition coefficient (Wildman–Crippen LogP) is 3.53. The molecule has 1 aromatic heterocycles. The molecule has 0 aliphatic carbocycles. The lowest BCUT2D eigenvalue weighted by atomic mass is 9.98. The average molecular weight is 540 g/mol. The third-order valence-corrected chi connectivity index (χ3v) is 7.14. The van der Waals surface area contributed by atoms with E-state index < -0.39 is 23.4 Å². The van der Waals surface area contributed by atoms with E-state index >= 15 is 0 Å². The molecule has 0 saturated heterocycles. The minimum Gasteiger partial charge on any atom is -0.497 e. The molecule has 0 saturated carbocycles. The second-order valence-corrected chi connectivity index (χ2v) is 10.1. The molecule has 38 heavy (non-hydrogen) atoms. The molecule has 1 atom stereocenters. The Hall–Kier alpha value is -4.12. The van der Waals surface area contributed by atoms with Gasteiger partial charge in [-0.05, 0) is 55.6 Å². The van der Waals surface area contributed by atoms with Crippen molar-refractivity contribution in [2.45, 2.75) is 45.3 Å². The minimum absolute atomic E-state index is 0.00274. The summed E-state index contributed by atoms with van der Waals surface area (Å²) in [5, 5.41) is 3.06. The van der Waals surface area contributed by atoms with Crippen LogP contribution in [0.3, 0.4) is 0 Å².